The molecule has 0 saturated heterocycles. The fourth-order valence-corrected chi connectivity index (χ4v) is 2.07. The molecule has 0 aliphatic carbocycles. The molecule has 0 aromatic heterocycles. The van der Waals surface area contributed by atoms with Gasteiger partial charge in [-0.1, -0.05) is 18.2 Å². The molecule has 0 spiro atoms. The summed E-state index contributed by atoms with van der Waals surface area (Å²) in [4.78, 5) is 11.9. The molecule has 23 heavy (non-hydrogen) atoms. The van der Waals surface area contributed by atoms with Gasteiger partial charge in [0.25, 0.3) is 5.91 Å². The van der Waals surface area contributed by atoms with Crippen molar-refractivity contribution in [2.45, 2.75) is 13.5 Å². The second kappa shape index (κ2) is 8.08. The van der Waals surface area contributed by atoms with Gasteiger partial charge in [-0.05, 0) is 42.3 Å². The molecule has 5 nitrogen and oxygen atoms in total. The van der Waals surface area contributed by atoms with Crippen molar-refractivity contribution in [1.29, 1.82) is 0 Å². The Morgan fingerprint density at radius 1 is 1.04 bits per heavy atom. The minimum Gasteiger partial charge on any atom is -0.497 e. The molecule has 1 amide bonds. The van der Waals surface area contributed by atoms with Gasteiger partial charge >= 0.3 is 0 Å². The van der Waals surface area contributed by atoms with Crippen LogP contribution in [0.25, 0.3) is 0 Å². The molecule has 0 radical (unpaired) electrons. The van der Waals surface area contributed by atoms with Crippen molar-refractivity contribution in [3.63, 3.8) is 0 Å². The Balaban J connectivity index is 1.85. The Morgan fingerprint density at radius 2 is 1.87 bits per heavy atom. The van der Waals surface area contributed by atoms with E-state index in [2.05, 4.69) is 5.32 Å². The zero-order valence-electron chi connectivity index (χ0n) is 13.6. The van der Waals surface area contributed by atoms with E-state index in [-0.39, 0.29) is 12.5 Å². The SMILES string of the molecule is COc1cccc(CNC(=O)COc2ccc(C)cc2OC)c1. The number of amides is 1. The number of hydrogen-bond donors (Lipinski definition) is 1. The van der Waals surface area contributed by atoms with Crippen LogP contribution in [-0.4, -0.2) is 26.7 Å². The zero-order valence-corrected chi connectivity index (χ0v) is 13.6. The fraction of sp³-hybridized carbons (Fsp3) is 0.278. The minimum absolute atomic E-state index is 0.0661. The van der Waals surface area contributed by atoms with E-state index in [4.69, 9.17) is 14.2 Å². The summed E-state index contributed by atoms with van der Waals surface area (Å²) in [5, 5.41) is 2.81. The smallest absolute Gasteiger partial charge is 0.258 e. The Labute approximate surface area is 136 Å². The maximum absolute atomic E-state index is 11.9. The van der Waals surface area contributed by atoms with Gasteiger partial charge in [-0.15, -0.1) is 0 Å². The van der Waals surface area contributed by atoms with E-state index < -0.39 is 0 Å². The first-order chi connectivity index (χ1) is 11.1. The van der Waals surface area contributed by atoms with Gasteiger partial charge in [-0.25, -0.2) is 0 Å². The van der Waals surface area contributed by atoms with Crippen LogP contribution >= 0.6 is 0 Å². The predicted molar refractivity (Wildman–Crippen MR) is 88.1 cm³/mol. The Bertz CT molecular complexity index is 670. The summed E-state index contributed by atoms with van der Waals surface area (Å²) in [6.07, 6.45) is 0. The van der Waals surface area contributed by atoms with Gasteiger partial charge in [-0.2, -0.15) is 0 Å². The van der Waals surface area contributed by atoms with Gasteiger partial charge in [0.05, 0.1) is 14.2 Å². The van der Waals surface area contributed by atoms with Gasteiger partial charge in [0.1, 0.15) is 5.75 Å². The van der Waals surface area contributed by atoms with Crippen molar-refractivity contribution in [1.82, 2.24) is 5.32 Å². The summed E-state index contributed by atoms with van der Waals surface area (Å²) >= 11 is 0. The molecule has 0 bridgehead atoms. The van der Waals surface area contributed by atoms with Gasteiger partial charge < -0.3 is 19.5 Å². The van der Waals surface area contributed by atoms with Gasteiger partial charge in [0, 0.05) is 6.54 Å². The topological polar surface area (TPSA) is 56.8 Å². The molecule has 0 heterocycles. The Kier molecular flexibility index (Phi) is 5.86. The lowest BCUT2D eigenvalue weighted by molar-refractivity contribution is -0.123. The molecule has 2 rings (SSSR count). The van der Waals surface area contributed by atoms with Gasteiger partial charge in [-0.3, -0.25) is 4.79 Å². The van der Waals surface area contributed by atoms with Crippen molar-refractivity contribution >= 4 is 5.91 Å². The molecule has 0 atom stereocenters. The van der Waals surface area contributed by atoms with Crippen molar-refractivity contribution < 1.29 is 19.0 Å². The minimum atomic E-state index is -0.199. The third-order valence-electron chi connectivity index (χ3n) is 3.30. The van der Waals surface area contributed by atoms with Crippen LogP contribution in [0.15, 0.2) is 42.5 Å². The molecule has 5 heteroatoms. The van der Waals surface area contributed by atoms with Crippen molar-refractivity contribution in [2.24, 2.45) is 0 Å². The quantitative estimate of drug-likeness (QED) is 0.853. The third kappa shape index (κ3) is 4.92. The van der Waals surface area contributed by atoms with Crippen LogP contribution in [0.1, 0.15) is 11.1 Å². The molecule has 1 N–H and O–H groups in total. The average molecular weight is 315 g/mol. The molecule has 2 aromatic carbocycles. The van der Waals surface area contributed by atoms with Gasteiger partial charge in [0.2, 0.25) is 0 Å². The first kappa shape index (κ1) is 16.7. The van der Waals surface area contributed by atoms with Crippen LogP contribution in [-0.2, 0) is 11.3 Å². The van der Waals surface area contributed by atoms with Gasteiger partial charge in [0.15, 0.2) is 18.1 Å². The highest BCUT2D eigenvalue weighted by atomic mass is 16.5. The summed E-state index contributed by atoms with van der Waals surface area (Å²) in [5.41, 5.74) is 2.03. The zero-order chi connectivity index (χ0) is 16.7. The Morgan fingerprint density at radius 3 is 2.61 bits per heavy atom. The number of ether oxygens (including phenoxy) is 3. The molecule has 0 saturated carbocycles. The highest BCUT2D eigenvalue weighted by molar-refractivity contribution is 5.77. The maximum Gasteiger partial charge on any atom is 0.258 e. The lowest BCUT2D eigenvalue weighted by Gasteiger charge is -2.11. The molecule has 0 aliphatic rings. The second-order valence-electron chi connectivity index (χ2n) is 5.07. The number of carbonyl (C=O) groups excluding carboxylic acids is 1. The lowest BCUT2D eigenvalue weighted by atomic mass is 10.2. The summed E-state index contributed by atoms with van der Waals surface area (Å²) < 4.78 is 15.9. The molecule has 2 aromatic rings. The molecular weight excluding hydrogens is 294 g/mol. The second-order valence-corrected chi connectivity index (χ2v) is 5.07. The van der Waals surface area contributed by atoms with E-state index in [1.807, 2.05) is 43.3 Å². The molecule has 0 unspecified atom stereocenters. The molecular formula is C18H21NO4. The first-order valence-corrected chi connectivity index (χ1v) is 7.29. The van der Waals surface area contributed by atoms with Crippen molar-refractivity contribution in [2.75, 3.05) is 20.8 Å². The number of carbonyl (C=O) groups is 1. The fourth-order valence-electron chi connectivity index (χ4n) is 2.07. The predicted octanol–water partition coefficient (Wildman–Crippen LogP) is 2.71. The number of hydrogen-bond acceptors (Lipinski definition) is 4. The normalized spacial score (nSPS) is 10.0. The maximum atomic E-state index is 11.9. The number of rotatable bonds is 7. The average Bonchev–Trinajstić information content (AvgIpc) is 2.58. The first-order valence-electron chi connectivity index (χ1n) is 7.29. The Hall–Kier alpha value is -2.69. The van der Waals surface area contributed by atoms with Crippen LogP contribution in [0.5, 0.6) is 17.2 Å². The van der Waals surface area contributed by atoms with E-state index in [9.17, 15) is 4.79 Å². The number of nitrogens with one attached hydrogen (secondary N) is 1. The molecule has 122 valence electrons. The van der Waals surface area contributed by atoms with Crippen molar-refractivity contribution in [3.8, 4) is 17.2 Å². The van der Waals surface area contributed by atoms with E-state index in [1.165, 1.54) is 0 Å². The van der Waals surface area contributed by atoms with Crippen LogP contribution in [0.3, 0.4) is 0 Å². The van der Waals surface area contributed by atoms with E-state index in [1.54, 1.807) is 20.3 Å². The molecule has 0 fully saturated rings. The third-order valence-corrected chi connectivity index (χ3v) is 3.30. The largest absolute Gasteiger partial charge is 0.497 e. The van der Waals surface area contributed by atoms with Crippen LogP contribution in [0.4, 0.5) is 0 Å². The number of aryl methyl sites for hydroxylation is 1. The summed E-state index contributed by atoms with van der Waals surface area (Å²) in [7, 11) is 3.19. The summed E-state index contributed by atoms with van der Waals surface area (Å²) in [6.45, 7) is 2.32. The van der Waals surface area contributed by atoms with E-state index in [0.717, 1.165) is 16.9 Å². The highest BCUT2D eigenvalue weighted by Gasteiger charge is 2.08. The van der Waals surface area contributed by atoms with Crippen LogP contribution in [0, 0.1) is 6.92 Å². The molecule has 0 aliphatic heterocycles. The lowest BCUT2D eigenvalue weighted by Crippen LogP contribution is -2.28. The van der Waals surface area contributed by atoms with Crippen LogP contribution < -0.4 is 19.5 Å². The van der Waals surface area contributed by atoms with Crippen LogP contribution in [0.2, 0.25) is 0 Å². The van der Waals surface area contributed by atoms with E-state index >= 15 is 0 Å². The number of methoxy groups -OCH3 is 2. The number of benzene rings is 2. The van der Waals surface area contributed by atoms with E-state index in [0.29, 0.717) is 18.0 Å². The standard InChI is InChI=1S/C18H21NO4/c1-13-7-8-16(17(9-13)22-3)23-12-18(20)19-11-14-5-4-6-15(10-14)21-2/h4-10H,11-12H2,1-3H3,(H,19,20). The van der Waals surface area contributed by atoms with Crippen molar-refractivity contribution in [3.05, 3.63) is 53.6 Å². The summed E-state index contributed by atoms with van der Waals surface area (Å²) in [6, 6.07) is 13.1. The monoisotopic (exact) mass is 315 g/mol. The summed E-state index contributed by atoms with van der Waals surface area (Å²) in [5.74, 6) is 1.73. The highest BCUT2D eigenvalue weighted by Crippen LogP contribution is 2.27.